The highest BCUT2D eigenvalue weighted by Gasteiger charge is 2.33. The molecular formula is C25H21F3N6O3. The predicted octanol–water partition coefficient (Wildman–Crippen LogP) is 5.93. The van der Waals surface area contributed by atoms with Crippen LogP contribution in [0.4, 0.5) is 24.8 Å². The van der Waals surface area contributed by atoms with Gasteiger partial charge in [0.1, 0.15) is 34.4 Å². The van der Waals surface area contributed by atoms with Crippen LogP contribution in [0.2, 0.25) is 0 Å². The minimum absolute atomic E-state index is 0.0113. The summed E-state index contributed by atoms with van der Waals surface area (Å²) in [5.41, 5.74) is 1.53. The van der Waals surface area contributed by atoms with Crippen molar-refractivity contribution in [3.63, 3.8) is 0 Å². The van der Waals surface area contributed by atoms with E-state index in [-0.39, 0.29) is 11.5 Å². The topological polar surface area (TPSA) is 99.1 Å². The molecule has 0 spiro atoms. The number of aromatic nitrogens is 5. The normalized spacial score (nSPS) is 11.5. The van der Waals surface area contributed by atoms with Gasteiger partial charge in [0.25, 0.3) is 0 Å². The van der Waals surface area contributed by atoms with Gasteiger partial charge in [-0.1, -0.05) is 0 Å². The number of H-pyrrole nitrogens is 1. The second kappa shape index (κ2) is 9.37. The predicted molar refractivity (Wildman–Crippen MR) is 130 cm³/mol. The van der Waals surface area contributed by atoms with E-state index in [1.54, 1.807) is 38.5 Å². The number of nitrogens with one attached hydrogen (secondary N) is 2. The number of imidazole rings is 2. The van der Waals surface area contributed by atoms with Crippen molar-refractivity contribution in [2.75, 3.05) is 19.5 Å². The Kier molecular flexibility index (Phi) is 6.07. The summed E-state index contributed by atoms with van der Waals surface area (Å²) in [7, 11) is 5.04. The number of aryl methyl sites for hydroxylation is 1. The van der Waals surface area contributed by atoms with Gasteiger partial charge in [0, 0.05) is 49.3 Å². The Morgan fingerprint density at radius 1 is 0.892 bits per heavy atom. The quantitative estimate of drug-likeness (QED) is 0.280. The van der Waals surface area contributed by atoms with Crippen LogP contribution in [0.3, 0.4) is 0 Å². The summed E-state index contributed by atoms with van der Waals surface area (Å²) in [4.78, 5) is 14.8. The minimum atomic E-state index is -4.52. The van der Waals surface area contributed by atoms with Crippen molar-refractivity contribution in [1.82, 2.24) is 24.5 Å². The summed E-state index contributed by atoms with van der Waals surface area (Å²) < 4.78 is 57.2. The van der Waals surface area contributed by atoms with E-state index in [2.05, 4.69) is 25.3 Å². The first-order valence-electron chi connectivity index (χ1n) is 11.0. The van der Waals surface area contributed by atoms with Crippen molar-refractivity contribution in [3.05, 3.63) is 66.6 Å². The number of methoxy groups -OCH3 is 2. The molecule has 0 saturated heterocycles. The van der Waals surface area contributed by atoms with E-state index in [9.17, 15) is 13.2 Å². The highest BCUT2D eigenvalue weighted by molar-refractivity contribution is 5.81. The highest BCUT2D eigenvalue weighted by Crippen LogP contribution is 2.32. The van der Waals surface area contributed by atoms with Crippen LogP contribution in [-0.4, -0.2) is 38.7 Å². The number of halogens is 3. The molecule has 12 heteroatoms. The highest BCUT2D eigenvalue weighted by atomic mass is 19.4. The maximum absolute atomic E-state index is 12.9. The lowest BCUT2D eigenvalue weighted by Crippen LogP contribution is -2.04. The van der Waals surface area contributed by atoms with E-state index in [1.165, 1.54) is 12.3 Å². The van der Waals surface area contributed by atoms with Crippen molar-refractivity contribution in [2.24, 2.45) is 7.05 Å². The van der Waals surface area contributed by atoms with Crippen LogP contribution in [0.25, 0.3) is 22.6 Å². The zero-order valence-corrected chi connectivity index (χ0v) is 19.9. The summed E-state index contributed by atoms with van der Waals surface area (Å²) in [6.07, 6.45) is -2.36. The molecule has 0 radical (unpaired) electrons. The van der Waals surface area contributed by atoms with Crippen LogP contribution in [0.15, 0.2) is 60.9 Å². The third kappa shape index (κ3) is 4.99. The Morgan fingerprint density at radius 2 is 1.62 bits per heavy atom. The van der Waals surface area contributed by atoms with Crippen LogP contribution < -0.4 is 19.5 Å². The summed E-state index contributed by atoms with van der Waals surface area (Å²) in [6.45, 7) is 0. The van der Waals surface area contributed by atoms with Crippen molar-refractivity contribution in [3.8, 4) is 34.5 Å². The number of ether oxygens (including phenoxy) is 3. The summed E-state index contributed by atoms with van der Waals surface area (Å²) in [5.74, 6) is 2.73. The van der Waals surface area contributed by atoms with Gasteiger partial charge in [-0.15, -0.1) is 0 Å². The van der Waals surface area contributed by atoms with Crippen molar-refractivity contribution in [1.29, 1.82) is 0 Å². The van der Waals surface area contributed by atoms with Gasteiger partial charge in [-0.2, -0.15) is 13.2 Å². The molecule has 9 nitrogen and oxygen atoms in total. The molecule has 0 atom stereocenters. The van der Waals surface area contributed by atoms with Gasteiger partial charge >= 0.3 is 6.18 Å². The molecule has 5 rings (SSSR count). The lowest BCUT2D eigenvalue weighted by Gasteiger charge is -2.10. The molecule has 0 aliphatic carbocycles. The largest absolute Gasteiger partial charge is 0.497 e. The molecule has 0 unspecified atom stereocenters. The number of alkyl halides is 3. The number of hydrogen-bond acceptors (Lipinski definition) is 7. The molecule has 0 aliphatic heterocycles. The Bertz CT molecular complexity index is 1560. The Labute approximate surface area is 208 Å². The minimum Gasteiger partial charge on any atom is -0.497 e. The van der Waals surface area contributed by atoms with Crippen LogP contribution in [0, 0.1) is 0 Å². The molecule has 0 amide bonds. The van der Waals surface area contributed by atoms with Gasteiger partial charge < -0.3 is 29.1 Å². The van der Waals surface area contributed by atoms with Gasteiger partial charge in [0.15, 0.2) is 5.82 Å². The molecule has 37 heavy (non-hydrogen) atoms. The van der Waals surface area contributed by atoms with Gasteiger partial charge in [-0.05, 0) is 18.2 Å². The fourth-order valence-electron chi connectivity index (χ4n) is 3.70. The number of benzene rings is 2. The smallest absolute Gasteiger partial charge is 0.432 e. The SMILES string of the molecule is COc1cc(Nc2nc3cc(Oc4ccnc(-c5ncc(C(F)(F)F)[nH]5)c4)ccc3n2C)cc(OC)c1. The molecule has 0 saturated carbocycles. The monoisotopic (exact) mass is 510 g/mol. The Morgan fingerprint density at radius 3 is 2.30 bits per heavy atom. The van der Waals surface area contributed by atoms with Gasteiger partial charge in [0.05, 0.1) is 31.4 Å². The molecule has 0 fully saturated rings. The molecular weight excluding hydrogens is 489 g/mol. The molecule has 5 aromatic rings. The molecule has 0 aliphatic rings. The Hall–Kier alpha value is -4.74. The van der Waals surface area contributed by atoms with Crippen LogP contribution >= 0.6 is 0 Å². The van der Waals surface area contributed by atoms with Gasteiger partial charge in [-0.25, -0.2) is 9.97 Å². The van der Waals surface area contributed by atoms with E-state index in [1.807, 2.05) is 29.8 Å². The fourth-order valence-corrected chi connectivity index (χ4v) is 3.70. The molecule has 2 N–H and O–H groups in total. The second-order valence-electron chi connectivity index (χ2n) is 7.99. The summed E-state index contributed by atoms with van der Waals surface area (Å²) >= 11 is 0. The van der Waals surface area contributed by atoms with E-state index >= 15 is 0 Å². The number of fused-ring (bicyclic) bond motifs is 1. The summed E-state index contributed by atoms with van der Waals surface area (Å²) in [5, 5.41) is 3.27. The lowest BCUT2D eigenvalue weighted by atomic mass is 10.3. The number of aromatic amines is 1. The zero-order valence-electron chi connectivity index (χ0n) is 19.9. The van der Waals surface area contributed by atoms with E-state index in [0.29, 0.717) is 34.5 Å². The maximum Gasteiger partial charge on any atom is 0.432 e. The molecule has 2 aromatic carbocycles. The first-order valence-corrected chi connectivity index (χ1v) is 11.0. The number of pyridine rings is 1. The average Bonchev–Trinajstić information content (AvgIpc) is 3.50. The van der Waals surface area contributed by atoms with Crippen molar-refractivity contribution < 1.29 is 27.4 Å². The standard InChI is InChI=1S/C25H21F3N6O3/c1-34-21-5-4-15(11-19(21)32-24(34)31-14-8-17(35-2)10-18(9-14)36-3)37-16-6-7-29-20(12-16)23-30-13-22(33-23)25(26,27)28/h4-13H,1-3H3,(H,30,33)(H,31,32). The van der Waals surface area contributed by atoms with Crippen molar-refractivity contribution in [2.45, 2.75) is 6.18 Å². The van der Waals surface area contributed by atoms with Crippen LogP contribution in [-0.2, 0) is 13.2 Å². The third-order valence-electron chi connectivity index (χ3n) is 5.55. The maximum atomic E-state index is 12.9. The molecule has 0 bridgehead atoms. The van der Waals surface area contributed by atoms with Crippen LogP contribution in [0.1, 0.15) is 5.69 Å². The average molecular weight is 510 g/mol. The number of nitrogens with zero attached hydrogens (tertiary/aromatic N) is 4. The second-order valence-corrected chi connectivity index (χ2v) is 7.99. The third-order valence-corrected chi connectivity index (χ3v) is 5.55. The molecule has 190 valence electrons. The first-order chi connectivity index (χ1) is 17.7. The number of rotatable bonds is 7. The zero-order chi connectivity index (χ0) is 26.2. The fraction of sp³-hybridized carbons (Fsp3) is 0.160. The van der Waals surface area contributed by atoms with E-state index < -0.39 is 11.9 Å². The first kappa shape index (κ1) is 24.0. The molecule has 3 heterocycles. The van der Waals surface area contributed by atoms with Crippen molar-refractivity contribution >= 4 is 22.7 Å². The van der Waals surface area contributed by atoms with Gasteiger partial charge in [-0.3, -0.25) is 4.98 Å². The van der Waals surface area contributed by atoms with E-state index in [0.717, 1.165) is 17.4 Å². The summed E-state index contributed by atoms with van der Waals surface area (Å²) in [6, 6.07) is 13.9. The van der Waals surface area contributed by atoms with Crippen LogP contribution in [0.5, 0.6) is 23.0 Å². The Balaban J connectivity index is 1.39. The lowest BCUT2D eigenvalue weighted by molar-refractivity contribution is -0.140. The van der Waals surface area contributed by atoms with E-state index in [4.69, 9.17) is 14.2 Å². The number of hydrogen-bond donors (Lipinski definition) is 2. The number of anilines is 2. The molecule has 3 aromatic heterocycles. The van der Waals surface area contributed by atoms with Gasteiger partial charge in [0.2, 0.25) is 5.95 Å².